The number of anilines is 1. The second-order valence-corrected chi connectivity index (χ2v) is 6.36. The topological polar surface area (TPSA) is 82.4 Å². The van der Waals surface area contributed by atoms with E-state index in [4.69, 9.17) is 15.2 Å². The normalized spacial score (nSPS) is 12.0. The number of aromatic amines is 1. The van der Waals surface area contributed by atoms with Crippen molar-refractivity contribution in [1.82, 2.24) is 0 Å². The molecule has 0 fully saturated rings. The fourth-order valence-corrected chi connectivity index (χ4v) is 3.08. The van der Waals surface area contributed by atoms with Crippen LogP contribution >= 0.6 is 0 Å². The number of nitrogens with two attached hydrogens (primary N) is 1. The van der Waals surface area contributed by atoms with Gasteiger partial charge in [0, 0.05) is 11.1 Å². The molecule has 4 rings (SSSR count). The van der Waals surface area contributed by atoms with E-state index < -0.39 is 0 Å². The number of nitrogen functional groups attached to an aromatic ring is 1. The van der Waals surface area contributed by atoms with Crippen molar-refractivity contribution in [3.8, 4) is 40.0 Å². The average molecular weight is 344 g/mol. The summed E-state index contributed by atoms with van der Waals surface area (Å²) in [5, 5.41) is 9.59. The molecule has 1 aliphatic heterocycles. The molecule has 0 radical (unpaired) electrons. The molecule has 5 heteroatoms. The monoisotopic (exact) mass is 344 g/mol. The SMILES string of the molecule is Cc1ccc(-c2cc(-c3ccc4c(c3)OCO4)c(C#N)c(N)[nH+]2)cc1C. The molecule has 3 aromatic rings. The Kier molecular flexibility index (Phi) is 3.74. The predicted molar refractivity (Wildman–Crippen MR) is 98.6 cm³/mol. The molecule has 0 bridgehead atoms. The molecule has 5 nitrogen and oxygen atoms in total. The van der Waals surface area contributed by atoms with Crippen molar-refractivity contribution in [3.05, 3.63) is 59.2 Å². The van der Waals surface area contributed by atoms with Gasteiger partial charge in [-0.05, 0) is 54.8 Å². The van der Waals surface area contributed by atoms with Crippen molar-refractivity contribution in [2.24, 2.45) is 0 Å². The fraction of sp³-hybridized carbons (Fsp3) is 0.143. The Bertz CT molecular complexity index is 1070. The molecule has 0 atom stereocenters. The van der Waals surface area contributed by atoms with Gasteiger partial charge in [-0.3, -0.25) is 5.73 Å². The lowest BCUT2D eigenvalue weighted by atomic mass is 9.97. The number of nitrogens with one attached hydrogen (secondary N) is 1. The van der Waals surface area contributed by atoms with E-state index in [1.807, 2.05) is 30.3 Å². The van der Waals surface area contributed by atoms with Crippen LogP contribution < -0.4 is 20.2 Å². The van der Waals surface area contributed by atoms with Gasteiger partial charge in [-0.15, -0.1) is 0 Å². The van der Waals surface area contributed by atoms with Crippen molar-refractivity contribution in [2.45, 2.75) is 13.8 Å². The van der Waals surface area contributed by atoms with Gasteiger partial charge >= 0.3 is 0 Å². The molecule has 128 valence electrons. The standard InChI is InChI=1S/C21H17N3O2/c1-12-3-4-15(7-13(12)2)18-9-16(17(10-22)21(23)24-18)14-5-6-19-20(8-14)26-11-25-19/h3-9H,11H2,1-2H3,(H2,23,24)/p+1. The molecule has 0 saturated carbocycles. The molecule has 0 unspecified atom stereocenters. The first kappa shape index (κ1) is 16.0. The van der Waals surface area contributed by atoms with Crippen LogP contribution in [-0.2, 0) is 0 Å². The number of aryl methyl sites for hydroxylation is 2. The van der Waals surface area contributed by atoms with Gasteiger partial charge in [0.15, 0.2) is 11.5 Å². The van der Waals surface area contributed by atoms with E-state index >= 15 is 0 Å². The fourth-order valence-electron chi connectivity index (χ4n) is 3.08. The third kappa shape index (κ3) is 2.62. The molecule has 3 N–H and O–H groups in total. The summed E-state index contributed by atoms with van der Waals surface area (Å²) >= 11 is 0. The number of rotatable bonds is 2. The van der Waals surface area contributed by atoms with Crippen LogP contribution in [0.15, 0.2) is 42.5 Å². The highest BCUT2D eigenvalue weighted by atomic mass is 16.7. The van der Waals surface area contributed by atoms with Crippen LogP contribution in [0.4, 0.5) is 5.82 Å². The van der Waals surface area contributed by atoms with Crippen molar-refractivity contribution in [1.29, 1.82) is 5.26 Å². The summed E-state index contributed by atoms with van der Waals surface area (Å²) < 4.78 is 10.8. The zero-order chi connectivity index (χ0) is 18.3. The minimum Gasteiger partial charge on any atom is -0.454 e. The Morgan fingerprint density at radius 3 is 2.50 bits per heavy atom. The Balaban J connectivity index is 1.90. The molecular weight excluding hydrogens is 326 g/mol. The lowest BCUT2D eigenvalue weighted by Gasteiger charge is -2.09. The summed E-state index contributed by atoms with van der Waals surface area (Å²) in [5.41, 5.74) is 12.5. The van der Waals surface area contributed by atoms with Crippen LogP contribution in [0.25, 0.3) is 22.4 Å². The highest BCUT2D eigenvalue weighted by molar-refractivity contribution is 5.79. The van der Waals surface area contributed by atoms with Gasteiger partial charge in [0.2, 0.25) is 6.79 Å². The molecular formula is C21H18N3O2+. The van der Waals surface area contributed by atoms with E-state index in [2.05, 4.69) is 37.0 Å². The number of aromatic nitrogens is 1. The third-order valence-corrected chi connectivity index (χ3v) is 4.71. The quantitative estimate of drug-likeness (QED) is 0.769. The third-order valence-electron chi connectivity index (χ3n) is 4.71. The van der Waals surface area contributed by atoms with Gasteiger partial charge in [-0.2, -0.15) is 5.26 Å². The number of nitriles is 1. The number of ether oxygens (including phenoxy) is 2. The minimum atomic E-state index is 0.211. The van der Waals surface area contributed by atoms with Crippen LogP contribution in [0.2, 0.25) is 0 Å². The first-order chi connectivity index (χ1) is 12.6. The first-order valence-corrected chi connectivity index (χ1v) is 8.30. The summed E-state index contributed by atoms with van der Waals surface area (Å²) in [5.74, 6) is 1.72. The number of benzene rings is 2. The van der Waals surface area contributed by atoms with Crippen molar-refractivity contribution >= 4 is 5.82 Å². The summed E-state index contributed by atoms with van der Waals surface area (Å²) in [7, 11) is 0. The molecule has 0 spiro atoms. The number of hydrogen-bond acceptors (Lipinski definition) is 4. The molecule has 26 heavy (non-hydrogen) atoms. The van der Waals surface area contributed by atoms with Crippen LogP contribution in [0.1, 0.15) is 16.7 Å². The molecule has 2 heterocycles. The summed E-state index contributed by atoms with van der Waals surface area (Å²) in [4.78, 5) is 3.15. The lowest BCUT2D eigenvalue weighted by Crippen LogP contribution is -2.16. The number of hydrogen-bond donors (Lipinski definition) is 1. The number of fused-ring (bicyclic) bond motifs is 1. The zero-order valence-electron chi connectivity index (χ0n) is 14.6. The van der Waals surface area contributed by atoms with Gasteiger partial charge in [-0.1, -0.05) is 18.2 Å². The summed E-state index contributed by atoms with van der Waals surface area (Å²) in [6, 6.07) is 16.0. The molecule has 2 aromatic carbocycles. The maximum absolute atomic E-state index is 9.59. The van der Waals surface area contributed by atoms with E-state index in [0.29, 0.717) is 22.9 Å². The number of nitrogens with zero attached hydrogens (tertiary/aromatic N) is 1. The van der Waals surface area contributed by atoms with E-state index in [1.165, 1.54) is 11.1 Å². The minimum absolute atomic E-state index is 0.211. The maximum Gasteiger partial charge on any atom is 0.289 e. The summed E-state index contributed by atoms with van der Waals surface area (Å²) in [6.45, 7) is 4.36. The second kappa shape index (κ2) is 6.08. The van der Waals surface area contributed by atoms with Gasteiger partial charge in [-0.25, -0.2) is 4.98 Å². The van der Waals surface area contributed by atoms with Crippen LogP contribution in [0.3, 0.4) is 0 Å². The molecule has 1 aromatic heterocycles. The van der Waals surface area contributed by atoms with Gasteiger partial charge in [0.25, 0.3) is 5.82 Å². The molecule has 0 aliphatic carbocycles. The first-order valence-electron chi connectivity index (χ1n) is 8.30. The van der Waals surface area contributed by atoms with E-state index in [9.17, 15) is 5.26 Å². The van der Waals surface area contributed by atoms with Crippen LogP contribution in [-0.4, -0.2) is 6.79 Å². The summed E-state index contributed by atoms with van der Waals surface area (Å²) in [6.07, 6.45) is 0. The molecule has 1 aliphatic rings. The maximum atomic E-state index is 9.59. The van der Waals surface area contributed by atoms with E-state index in [1.54, 1.807) is 0 Å². The Morgan fingerprint density at radius 1 is 0.962 bits per heavy atom. The van der Waals surface area contributed by atoms with Gasteiger partial charge < -0.3 is 9.47 Å². The van der Waals surface area contributed by atoms with E-state index in [0.717, 1.165) is 22.4 Å². The highest BCUT2D eigenvalue weighted by Gasteiger charge is 2.20. The lowest BCUT2D eigenvalue weighted by molar-refractivity contribution is -0.346. The van der Waals surface area contributed by atoms with Crippen LogP contribution in [0, 0.1) is 25.2 Å². The second-order valence-electron chi connectivity index (χ2n) is 6.36. The Hall–Kier alpha value is -3.52. The van der Waals surface area contributed by atoms with Crippen molar-refractivity contribution in [3.63, 3.8) is 0 Å². The van der Waals surface area contributed by atoms with Gasteiger partial charge in [0.05, 0.1) is 0 Å². The Labute approximate surface area is 151 Å². The zero-order valence-corrected chi connectivity index (χ0v) is 14.6. The molecule has 0 saturated heterocycles. The van der Waals surface area contributed by atoms with E-state index in [-0.39, 0.29) is 6.79 Å². The number of pyridine rings is 1. The smallest absolute Gasteiger partial charge is 0.289 e. The average Bonchev–Trinajstić information content (AvgIpc) is 3.11. The number of H-pyrrole nitrogens is 1. The van der Waals surface area contributed by atoms with Crippen LogP contribution in [0.5, 0.6) is 11.5 Å². The van der Waals surface area contributed by atoms with Crippen molar-refractivity contribution < 1.29 is 14.5 Å². The van der Waals surface area contributed by atoms with Gasteiger partial charge in [0.1, 0.15) is 17.3 Å². The largest absolute Gasteiger partial charge is 0.454 e. The van der Waals surface area contributed by atoms with Crippen molar-refractivity contribution in [2.75, 3.05) is 12.5 Å². The molecule has 0 amide bonds. The predicted octanol–water partition coefficient (Wildman–Crippen LogP) is 3.63. The highest BCUT2D eigenvalue weighted by Crippen LogP contribution is 2.38. The Morgan fingerprint density at radius 2 is 1.73 bits per heavy atom.